The van der Waals surface area contributed by atoms with E-state index in [2.05, 4.69) is 0 Å². The molecule has 1 fully saturated rings. The van der Waals surface area contributed by atoms with Crippen molar-refractivity contribution in [1.29, 1.82) is 0 Å². The Morgan fingerprint density at radius 3 is 2.06 bits per heavy atom. The Kier molecular flexibility index (Phi) is 6.86. The molecule has 0 radical (unpaired) electrons. The zero-order chi connectivity index (χ0) is 22.6. The Labute approximate surface area is 191 Å². The summed E-state index contributed by atoms with van der Waals surface area (Å²) in [6.07, 6.45) is 4.15. The fraction of sp³-hybridized carbons (Fsp3) is 0.240. The summed E-state index contributed by atoms with van der Waals surface area (Å²) >= 11 is 0. The van der Waals surface area contributed by atoms with Crippen molar-refractivity contribution >= 4 is 27.0 Å². The van der Waals surface area contributed by atoms with Crippen molar-refractivity contribution in [3.05, 3.63) is 84.4 Å². The van der Waals surface area contributed by atoms with Gasteiger partial charge < -0.3 is 14.1 Å². The van der Waals surface area contributed by atoms with Crippen molar-refractivity contribution < 1.29 is 22.5 Å². The molecule has 1 aliphatic rings. The zero-order valence-corrected chi connectivity index (χ0v) is 19.1. The van der Waals surface area contributed by atoms with E-state index in [1.807, 2.05) is 30.3 Å². The predicted octanol–water partition coefficient (Wildman–Crippen LogP) is 4.19. The van der Waals surface area contributed by atoms with E-state index < -0.39 is 32.2 Å². The summed E-state index contributed by atoms with van der Waals surface area (Å²) in [6.45, 7) is 0. The molecule has 0 aliphatic heterocycles. The summed E-state index contributed by atoms with van der Waals surface area (Å²) in [7, 11) is -4.38. The molecule has 0 saturated heterocycles. The number of benzene rings is 3. The second-order valence-corrected chi connectivity index (χ2v) is 11.5. The van der Waals surface area contributed by atoms with E-state index in [0.717, 1.165) is 29.1 Å². The zero-order valence-electron chi connectivity index (χ0n) is 17.5. The Balaban J connectivity index is 1.67. The van der Waals surface area contributed by atoms with Gasteiger partial charge in [-0.2, -0.15) is 8.42 Å². The Bertz CT molecular complexity index is 1170. The first-order chi connectivity index (χ1) is 15.5. The van der Waals surface area contributed by atoms with Crippen LogP contribution in [0.2, 0.25) is 0 Å². The molecule has 0 bridgehead atoms. The summed E-state index contributed by atoms with van der Waals surface area (Å²) in [5.74, 6) is -0.961. The molecule has 0 spiro atoms. The molecule has 0 amide bonds. The fourth-order valence-electron chi connectivity index (χ4n) is 3.95. The lowest BCUT2D eigenvalue weighted by Crippen LogP contribution is -2.28. The molecule has 166 valence electrons. The van der Waals surface area contributed by atoms with Gasteiger partial charge in [-0.1, -0.05) is 49.6 Å². The number of carboxylic acids is 1. The van der Waals surface area contributed by atoms with Gasteiger partial charge in [0.1, 0.15) is 5.75 Å². The molecule has 32 heavy (non-hydrogen) atoms. The summed E-state index contributed by atoms with van der Waals surface area (Å²) in [4.78, 5) is 14.2. The molecule has 3 aromatic carbocycles. The van der Waals surface area contributed by atoms with Crippen molar-refractivity contribution in [1.82, 2.24) is 0 Å². The van der Waals surface area contributed by atoms with Crippen LogP contribution in [0.3, 0.4) is 0 Å². The number of carbonyl (C=O) groups is 1. The largest absolute Gasteiger partial charge is 0.545 e. The molecular weight excluding hydrogens is 444 g/mol. The van der Waals surface area contributed by atoms with Gasteiger partial charge in [-0.25, -0.2) is 0 Å². The highest BCUT2D eigenvalue weighted by Crippen LogP contribution is 2.34. The first kappa shape index (κ1) is 22.4. The highest BCUT2D eigenvalue weighted by Gasteiger charge is 2.32. The topological polar surface area (TPSA) is 83.5 Å². The van der Waals surface area contributed by atoms with E-state index in [-0.39, 0.29) is 11.3 Å². The average Bonchev–Trinajstić information content (AvgIpc) is 2.82. The van der Waals surface area contributed by atoms with Gasteiger partial charge in [-0.15, -0.1) is 0 Å². The van der Waals surface area contributed by atoms with E-state index in [0.29, 0.717) is 17.7 Å². The highest BCUT2D eigenvalue weighted by atomic mass is 32.2. The SMILES string of the molecule is O=C([O-])c1ccccc1[S+](c1ccccc1)c1ccc(OS(=O)(=O)C2CCCCC2)cc1. The van der Waals surface area contributed by atoms with Crippen LogP contribution >= 0.6 is 0 Å². The number of aromatic carboxylic acids is 1. The summed E-state index contributed by atoms with van der Waals surface area (Å²) in [6, 6.07) is 23.3. The summed E-state index contributed by atoms with van der Waals surface area (Å²) in [5.41, 5.74) is 0.139. The van der Waals surface area contributed by atoms with Crippen molar-refractivity contribution in [3.8, 4) is 5.75 Å². The van der Waals surface area contributed by atoms with Gasteiger partial charge in [0.05, 0.1) is 27.7 Å². The number of carbonyl (C=O) groups excluding carboxylic acids is 1. The maximum Gasteiger partial charge on any atom is 0.312 e. The molecule has 1 atom stereocenters. The minimum Gasteiger partial charge on any atom is -0.545 e. The molecule has 1 saturated carbocycles. The van der Waals surface area contributed by atoms with Crippen molar-refractivity contribution in [2.24, 2.45) is 0 Å². The predicted molar refractivity (Wildman–Crippen MR) is 122 cm³/mol. The van der Waals surface area contributed by atoms with Crippen LogP contribution in [-0.2, 0) is 21.0 Å². The molecular formula is C25H24O5S2. The van der Waals surface area contributed by atoms with Crippen LogP contribution in [0.15, 0.2) is 93.5 Å². The van der Waals surface area contributed by atoms with Gasteiger partial charge >= 0.3 is 10.1 Å². The second kappa shape index (κ2) is 9.79. The van der Waals surface area contributed by atoms with Crippen molar-refractivity contribution in [3.63, 3.8) is 0 Å². The highest BCUT2D eigenvalue weighted by molar-refractivity contribution is 7.97. The Hall–Kier alpha value is -2.77. The van der Waals surface area contributed by atoms with E-state index in [4.69, 9.17) is 4.18 Å². The molecule has 0 aromatic heterocycles. The van der Waals surface area contributed by atoms with Crippen LogP contribution in [0.1, 0.15) is 42.5 Å². The molecule has 5 nitrogen and oxygen atoms in total. The number of carboxylic acid groups (broad SMARTS) is 1. The van der Waals surface area contributed by atoms with Gasteiger partial charge in [0.25, 0.3) is 0 Å². The monoisotopic (exact) mass is 468 g/mol. The third kappa shape index (κ3) is 5.00. The summed E-state index contributed by atoms with van der Waals surface area (Å²) < 4.78 is 30.7. The van der Waals surface area contributed by atoms with Gasteiger partial charge in [0.15, 0.2) is 14.7 Å². The van der Waals surface area contributed by atoms with Crippen molar-refractivity contribution in [2.45, 2.75) is 52.0 Å². The first-order valence-corrected chi connectivity index (χ1v) is 13.3. The smallest absolute Gasteiger partial charge is 0.312 e. The molecule has 4 rings (SSSR count). The number of rotatable bonds is 7. The third-order valence-corrected chi connectivity index (χ3v) is 9.53. The lowest BCUT2D eigenvalue weighted by atomic mass is 10.0. The van der Waals surface area contributed by atoms with Crippen LogP contribution in [0.5, 0.6) is 5.75 Å². The van der Waals surface area contributed by atoms with E-state index in [1.54, 1.807) is 48.5 Å². The van der Waals surface area contributed by atoms with Crippen LogP contribution in [0.25, 0.3) is 0 Å². The van der Waals surface area contributed by atoms with Crippen LogP contribution in [-0.4, -0.2) is 19.6 Å². The van der Waals surface area contributed by atoms with Gasteiger partial charge in [-0.05, 0) is 61.4 Å². The van der Waals surface area contributed by atoms with Gasteiger partial charge in [0, 0.05) is 0 Å². The van der Waals surface area contributed by atoms with Gasteiger partial charge in [-0.3, -0.25) is 0 Å². The lowest BCUT2D eigenvalue weighted by molar-refractivity contribution is -0.255. The maximum absolute atomic E-state index is 12.6. The van der Waals surface area contributed by atoms with E-state index >= 15 is 0 Å². The summed E-state index contributed by atoms with van der Waals surface area (Å²) in [5, 5.41) is 11.3. The van der Waals surface area contributed by atoms with Crippen LogP contribution in [0.4, 0.5) is 0 Å². The maximum atomic E-state index is 12.6. The number of hydrogen-bond donors (Lipinski definition) is 0. The van der Waals surface area contributed by atoms with E-state index in [1.165, 1.54) is 0 Å². The van der Waals surface area contributed by atoms with Gasteiger partial charge in [0.2, 0.25) is 0 Å². The normalized spacial score (nSPS) is 15.8. The average molecular weight is 469 g/mol. The first-order valence-electron chi connectivity index (χ1n) is 10.6. The standard InChI is InChI=1S/C25H24O5S2/c26-25(27)23-13-7-8-14-24(23)31(20-9-3-1-4-10-20)21-17-15-19(16-18-21)30-32(28,29)22-11-5-2-6-12-22/h1,3-4,7-10,13-18,22H,2,5-6,11-12H2. The molecule has 0 N–H and O–H groups in total. The van der Waals surface area contributed by atoms with E-state index in [9.17, 15) is 18.3 Å². The Morgan fingerprint density at radius 2 is 1.41 bits per heavy atom. The fourth-order valence-corrected chi connectivity index (χ4v) is 7.58. The molecule has 7 heteroatoms. The second-order valence-electron chi connectivity index (χ2n) is 7.71. The Morgan fingerprint density at radius 1 is 0.812 bits per heavy atom. The van der Waals surface area contributed by atoms with Crippen LogP contribution in [0, 0.1) is 0 Å². The van der Waals surface area contributed by atoms with Crippen molar-refractivity contribution in [2.75, 3.05) is 0 Å². The minimum atomic E-state index is -3.68. The molecule has 1 aliphatic carbocycles. The third-order valence-electron chi connectivity index (χ3n) is 5.54. The lowest BCUT2D eigenvalue weighted by Gasteiger charge is -2.21. The van der Waals surface area contributed by atoms with Crippen LogP contribution < -0.4 is 9.29 Å². The minimum absolute atomic E-state index is 0.139. The quantitative estimate of drug-likeness (QED) is 0.384. The number of hydrogen-bond acceptors (Lipinski definition) is 5. The molecule has 0 heterocycles. The molecule has 3 aromatic rings. The molecule has 1 unspecified atom stereocenters.